The maximum absolute atomic E-state index is 5.64. The molecule has 0 radical (unpaired) electrons. The van der Waals surface area contributed by atoms with Crippen molar-refractivity contribution in [3.05, 3.63) is 83.9 Å². The lowest BCUT2D eigenvalue weighted by atomic mass is 10.1. The zero-order valence-electron chi connectivity index (χ0n) is 17.2. The fraction of sp³-hybridized carbons (Fsp3) is 0.208. The highest BCUT2D eigenvalue weighted by Gasteiger charge is 2.08. The molecule has 2 heterocycles. The lowest BCUT2D eigenvalue weighted by Gasteiger charge is -2.10. The maximum Gasteiger partial charge on any atom is 0.226 e. The molecule has 2 N–H and O–H groups in total. The van der Waals surface area contributed by atoms with Crippen LogP contribution in [0, 0.1) is 6.92 Å². The number of benzene rings is 2. The smallest absolute Gasteiger partial charge is 0.226 e. The van der Waals surface area contributed by atoms with Gasteiger partial charge in [0.05, 0.1) is 24.3 Å². The van der Waals surface area contributed by atoms with E-state index in [2.05, 4.69) is 45.7 Å². The van der Waals surface area contributed by atoms with E-state index in [0.29, 0.717) is 19.0 Å². The van der Waals surface area contributed by atoms with Crippen LogP contribution in [-0.2, 0) is 13.1 Å². The van der Waals surface area contributed by atoms with Crippen molar-refractivity contribution in [3.8, 4) is 11.5 Å². The summed E-state index contributed by atoms with van der Waals surface area (Å²) >= 11 is 0. The van der Waals surface area contributed by atoms with Gasteiger partial charge in [-0.05, 0) is 43.7 Å². The second-order valence-corrected chi connectivity index (χ2v) is 7.05. The zero-order valence-corrected chi connectivity index (χ0v) is 17.2. The van der Waals surface area contributed by atoms with Gasteiger partial charge < -0.3 is 15.1 Å². The molecule has 2 aromatic heterocycles. The minimum absolute atomic E-state index is 0.526. The molecule has 0 aliphatic carbocycles. The fourth-order valence-corrected chi connectivity index (χ4v) is 3.19. The van der Waals surface area contributed by atoms with Gasteiger partial charge in [-0.3, -0.25) is 4.98 Å². The summed E-state index contributed by atoms with van der Waals surface area (Å²) in [6, 6.07) is 18.3. The average molecular weight is 399 g/mol. The monoisotopic (exact) mass is 399 g/mol. The Balaban J connectivity index is 1.44. The molecule has 152 valence electrons. The number of aromatic nitrogens is 2. The van der Waals surface area contributed by atoms with Crippen LogP contribution in [0.15, 0.2) is 76.5 Å². The van der Waals surface area contributed by atoms with Crippen molar-refractivity contribution in [2.24, 2.45) is 4.99 Å². The number of hydrogen-bond donors (Lipinski definition) is 2. The van der Waals surface area contributed by atoms with Gasteiger partial charge in [-0.2, -0.15) is 0 Å². The number of aliphatic imine (C=N–C) groups is 1. The number of fused-ring (bicyclic) bond motifs is 1. The molecule has 6 nitrogen and oxygen atoms in total. The Morgan fingerprint density at radius 2 is 1.87 bits per heavy atom. The molecule has 0 spiro atoms. The predicted octanol–water partition coefficient (Wildman–Crippen LogP) is 4.45. The second kappa shape index (κ2) is 9.22. The topological polar surface area (TPSA) is 75.3 Å². The first-order valence-corrected chi connectivity index (χ1v) is 10.1. The third-order valence-corrected chi connectivity index (χ3v) is 4.78. The molecule has 0 aliphatic rings. The van der Waals surface area contributed by atoms with Crippen LogP contribution in [0.2, 0.25) is 0 Å². The minimum Gasteiger partial charge on any atom is -0.444 e. The van der Waals surface area contributed by atoms with Crippen LogP contribution in [0.25, 0.3) is 22.4 Å². The van der Waals surface area contributed by atoms with E-state index in [9.17, 15) is 0 Å². The number of para-hydroxylation sites is 1. The standard InChI is InChI=1S/C24H25N5O/c1-3-25-24(27-14-19-12-13-26-22-7-5-4-6-21(19)22)28-15-20-16-30-23(29-20)18-10-8-17(2)9-11-18/h4-13,16H,3,14-15H2,1-2H3,(H2,25,27,28). The minimum atomic E-state index is 0.526. The first-order valence-electron chi connectivity index (χ1n) is 10.1. The summed E-state index contributed by atoms with van der Waals surface area (Å²) in [6.07, 6.45) is 3.51. The van der Waals surface area contributed by atoms with Gasteiger partial charge in [-0.1, -0.05) is 35.9 Å². The summed E-state index contributed by atoms with van der Waals surface area (Å²) in [7, 11) is 0. The second-order valence-electron chi connectivity index (χ2n) is 7.05. The summed E-state index contributed by atoms with van der Waals surface area (Å²) < 4.78 is 5.64. The highest BCUT2D eigenvalue weighted by molar-refractivity contribution is 5.83. The summed E-state index contributed by atoms with van der Waals surface area (Å²) in [6.45, 7) is 5.97. The van der Waals surface area contributed by atoms with Crippen molar-refractivity contribution in [1.29, 1.82) is 0 Å². The van der Waals surface area contributed by atoms with E-state index in [1.54, 1.807) is 6.26 Å². The molecule has 4 rings (SSSR count). The molecule has 0 saturated carbocycles. The first-order chi connectivity index (χ1) is 14.7. The zero-order chi connectivity index (χ0) is 20.8. The Bertz CT molecular complexity index is 1140. The van der Waals surface area contributed by atoms with Gasteiger partial charge in [0.1, 0.15) is 6.26 Å². The summed E-state index contributed by atoms with van der Waals surface area (Å²) in [4.78, 5) is 13.7. The Labute approximate surface area is 176 Å². The lowest BCUT2D eigenvalue weighted by molar-refractivity contribution is 0.572. The molecule has 0 saturated heterocycles. The van der Waals surface area contributed by atoms with Crippen molar-refractivity contribution >= 4 is 16.9 Å². The Hall–Kier alpha value is -3.67. The molecule has 0 fully saturated rings. The molecule has 0 atom stereocenters. The Kier molecular flexibility index (Phi) is 6.03. The van der Waals surface area contributed by atoms with Gasteiger partial charge in [0.25, 0.3) is 0 Å². The van der Waals surface area contributed by atoms with Gasteiger partial charge in [0.2, 0.25) is 5.89 Å². The van der Waals surface area contributed by atoms with E-state index < -0.39 is 0 Å². The number of nitrogens with one attached hydrogen (secondary N) is 2. The molecule has 0 bridgehead atoms. The Morgan fingerprint density at radius 1 is 1.03 bits per heavy atom. The van der Waals surface area contributed by atoms with Crippen LogP contribution in [0.5, 0.6) is 0 Å². The summed E-state index contributed by atoms with van der Waals surface area (Å²) in [5.74, 6) is 1.36. The van der Waals surface area contributed by atoms with E-state index in [1.807, 2.05) is 49.5 Å². The molecule has 30 heavy (non-hydrogen) atoms. The van der Waals surface area contributed by atoms with Crippen molar-refractivity contribution in [2.75, 3.05) is 6.54 Å². The first kappa shape index (κ1) is 19.6. The van der Waals surface area contributed by atoms with Gasteiger partial charge in [0, 0.05) is 23.7 Å². The summed E-state index contributed by atoms with van der Waals surface area (Å²) in [5, 5.41) is 7.73. The van der Waals surface area contributed by atoms with Gasteiger partial charge >= 0.3 is 0 Å². The number of rotatable bonds is 6. The van der Waals surface area contributed by atoms with Crippen molar-refractivity contribution < 1.29 is 4.42 Å². The number of oxazole rings is 1. The number of guanidine groups is 1. The number of nitrogens with zero attached hydrogens (tertiary/aromatic N) is 3. The maximum atomic E-state index is 5.64. The lowest BCUT2D eigenvalue weighted by Crippen LogP contribution is -2.36. The molecular weight excluding hydrogens is 374 g/mol. The van der Waals surface area contributed by atoms with E-state index in [4.69, 9.17) is 9.41 Å². The Morgan fingerprint density at radius 3 is 2.70 bits per heavy atom. The van der Waals surface area contributed by atoms with Crippen LogP contribution in [-0.4, -0.2) is 22.5 Å². The highest BCUT2D eigenvalue weighted by atomic mass is 16.3. The van der Waals surface area contributed by atoms with Gasteiger partial charge in [-0.15, -0.1) is 0 Å². The van der Waals surface area contributed by atoms with Gasteiger partial charge in [-0.25, -0.2) is 9.98 Å². The van der Waals surface area contributed by atoms with Crippen LogP contribution in [0.3, 0.4) is 0 Å². The van der Waals surface area contributed by atoms with Crippen molar-refractivity contribution in [1.82, 2.24) is 20.6 Å². The van der Waals surface area contributed by atoms with E-state index in [-0.39, 0.29) is 0 Å². The van der Waals surface area contributed by atoms with Crippen molar-refractivity contribution in [2.45, 2.75) is 26.9 Å². The normalized spacial score (nSPS) is 11.6. The van der Waals surface area contributed by atoms with Crippen molar-refractivity contribution in [3.63, 3.8) is 0 Å². The number of pyridine rings is 1. The average Bonchev–Trinajstić information content (AvgIpc) is 3.25. The molecule has 4 aromatic rings. The molecule has 0 unspecified atom stereocenters. The molecule has 6 heteroatoms. The van der Waals surface area contributed by atoms with E-state index in [1.165, 1.54) is 5.56 Å². The van der Waals surface area contributed by atoms with E-state index >= 15 is 0 Å². The van der Waals surface area contributed by atoms with Crippen LogP contribution < -0.4 is 10.6 Å². The van der Waals surface area contributed by atoms with Crippen LogP contribution in [0.4, 0.5) is 0 Å². The quantitative estimate of drug-likeness (QED) is 0.370. The van der Waals surface area contributed by atoms with Gasteiger partial charge in [0.15, 0.2) is 5.96 Å². The SMILES string of the molecule is CCNC(=NCc1ccnc2ccccc12)NCc1coc(-c2ccc(C)cc2)n1. The largest absolute Gasteiger partial charge is 0.444 e. The molecule has 0 amide bonds. The van der Waals surface area contributed by atoms with Crippen LogP contribution >= 0.6 is 0 Å². The van der Waals surface area contributed by atoms with Crippen LogP contribution in [0.1, 0.15) is 23.7 Å². The molecular formula is C24H25N5O. The number of aryl methyl sites for hydroxylation is 1. The van der Waals surface area contributed by atoms with E-state index in [0.717, 1.165) is 40.2 Å². The number of hydrogen-bond acceptors (Lipinski definition) is 4. The summed E-state index contributed by atoms with van der Waals surface area (Å²) in [5.41, 5.74) is 5.12. The fourth-order valence-electron chi connectivity index (χ4n) is 3.19. The third-order valence-electron chi connectivity index (χ3n) is 4.78. The predicted molar refractivity (Wildman–Crippen MR) is 120 cm³/mol. The molecule has 0 aliphatic heterocycles. The molecule has 2 aromatic carbocycles. The third kappa shape index (κ3) is 4.66. The highest BCUT2D eigenvalue weighted by Crippen LogP contribution is 2.19.